The Morgan fingerprint density at radius 3 is 2.80 bits per heavy atom. The molecule has 5 heteroatoms. The van der Waals surface area contributed by atoms with Gasteiger partial charge in [0.15, 0.2) is 11.6 Å². The van der Waals surface area contributed by atoms with Gasteiger partial charge in [0.1, 0.15) is 12.7 Å². The van der Waals surface area contributed by atoms with Crippen LogP contribution in [-0.2, 0) is 0 Å². The highest BCUT2D eigenvalue weighted by Gasteiger charge is 2.11. The van der Waals surface area contributed by atoms with Crippen molar-refractivity contribution in [2.45, 2.75) is 19.1 Å². The van der Waals surface area contributed by atoms with Crippen LogP contribution in [0.25, 0.3) is 0 Å². The van der Waals surface area contributed by atoms with E-state index in [2.05, 4.69) is 5.32 Å². The predicted molar refractivity (Wildman–Crippen MR) is 78.6 cm³/mol. The molecule has 0 fully saturated rings. The van der Waals surface area contributed by atoms with Crippen molar-refractivity contribution in [3.63, 3.8) is 0 Å². The molecule has 0 spiro atoms. The second kappa shape index (κ2) is 7.38. The number of ether oxygens (including phenoxy) is 1. The van der Waals surface area contributed by atoms with Crippen LogP contribution >= 0.6 is 11.3 Å². The Hall–Kier alpha value is -1.43. The van der Waals surface area contributed by atoms with Gasteiger partial charge in [-0.3, -0.25) is 0 Å². The van der Waals surface area contributed by atoms with Gasteiger partial charge in [-0.1, -0.05) is 18.2 Å². The van der Waals surface area contributed by atoms with Crippen molar-refractivity contribution in [1.29, 1.82) is 0 Å². The van der Waals surface area contributed by atoms with Gasteiger partial charge >= 0.3 is 0 Å². The topological polar surface area (TPSA) is 41.5 Å². The summed E-state index contributed by atoms with van der Waals surface area (Å²) in [7, 11) is 0. The van der Waals surface area contributed by atoms with Crippen molar-refractivity contribution in [1.82, 2.24) is 5.32 Å². The molecule has 0 aliphatic carbocycles. The standard InChI is InChI=1S/C15H18FNO2S/c1-11(15-7-4-8-20-15)17-9-12(18)10-19-14-6-3-2-5-13(14)16/h2-8,11-12,17-18H,9-10H2,1H3/t11-,12?/m0/s1. The van der Waals surface area contributed by atoms with Gasteiger partial charge in [0.25, 0.3) is 0 Å². The average Bonchev–Trinajstić information content (AvgIpc) is 2.98. The first kappa shape index (κ1) is 15.0. The summed E-state index contributed by atoms with van der Waals surface area (Å²) in [5.41, 5.74) is 0. The average molecular weight is 295 g/mol. The number of para-hydroxylation sites is 1. The van der Waals surface area contributed by atoms with Crippen LogP contribution in [0, 0.1) is 5.82 Å². The number of aliphatic hydroxyl groups excluding tert-OH is 1. The van der Waals surface area contributed by atoms with Crippen molar-refractivity contribution in [3.05, 3.63) is 52.5 Å². The van der Waals surface area contributed by atoms with Crippen LogP contribution in [0.1, 0.15) is 17.8 Å². The molecule has 0 amide bonds. The van der Waals surface area contributed by atoms with E-state index < -0.39 is 11.9 Å². The molecule has 108 valence electrons. The van der Waals surface area contributed by atoms with Gasteiger partial charge in [-0.05, 0) is 30.5 Å². The Kier molecular flexibility index (Phi) is 5.52. The van der Waals surface area contributed by atoms with Gasteiger partial charge in [-0.2, -0.15) is 0 Å². The Bertz CT molecular complexity index is 518. The maximum absolute atomic E-state index is 13.3. The molecule has 1 aromatic carbocycles. The van der Waals surface area contributed by atoms with E-state index in [0.29, 0.717) is 6.54 Å². The zero-order valence-electron chi connectivity index (χ0n) is 11.3. The molecule has 1 heterocycles. The lowest BCUT2D eigenvalue weighted by molar-refractivity contribution is 0.102. The molecule has 1 unspecified atom stereocenters. The summed E-state index contributed by atoms with van der Waals surface area (Å²) in [6.07, 6.45) is -0.683. The third-order valence-corrected chi connectivity index (χ3v) is 3.95. The molecular weight excluding hydrogens is 277 g/mol. The fourth-order valence-electron chi connectivity index (χ4n) is 1.76. The number of rotatable bonds is 7. The second-order valence-electron chi connectivity index (χ2n) is 4.54. The lowest BCUT2D eigenvalue weighted by Crippen LogP contribution is -2.32. The van der Waals surface area contributed by atoms with Crippen molar-refractivity contribution < 1.29 is 14.2 Å². The number of aliphatic hydroxyl groups is 1. The summed E-state index contributed by atoms with van der Waals surface area (Å²) in [5.74, 6) is -0.252. The van der Waals surface area contributed by atoms with Crippen molar-refractivity contribution in [2.24, 2.45) is 0 Å². The molecular formula is C15H18FNO2S. The SMILES string of the molecule is C[C@H](NCC(O)COc1ccccc1F)c1cccs1. The number of hydrogen-bond acceptors (Lipinski definition) is 4. The third kappa shape index (κ3) is 4.30. The zero-order chi connectivity index (χ0) is 14.4. The summed E-state index contributed by atoms with van der Waals surface area (Å²) in [5, 5.41) is 15.1. The highest BCUT2D eigenvalue weighted by atomic mass is 32.1. The third-order valence-electron chi connectivity index (χ3n) is 2.90. The predicted octanol–water partition coefficient (Wildman–Crippen LogP) is 2.98. The fourth-order valence-corrected chi connectivity index (χ4v) is 2.52. The van der Waals surface area contributed by atoms with E-state index >= 15 is 0 Å². The monoisotopic (exact) mass is 295 g/mol. The maximum Gasteiger partial charge on any atom is 0.165 e. The number of thiophene rings is 1. The van der Waals surface area contributed by atoms with Gasteiger partial charge in [-0.15, -0.1) is 11.3 Å². The lowest BCUT2D eigenvalue weighted by Gasteiger charge is -2.17. The smallest absolute Gasteiger partial charge is 0.165 e. The van der Waals surface area contributed by atoms with Gasteiger partial charge < -0.3 is 15.2 Å². The van der Waals surface area contributed by atoms with E-state index in [9.17, 15) is 9.50 Å². The quantitative estimate of drug-likeness (QED) is 0.825. The van der Waals surface area contributed by atoms with Crippen LogP contribution in [-0.4, -0.2) is 24.4 Å². The normalized spacial score (nSPS) is 13.9. The Morgan fingerprint density at radius 2 is 2.10 bits per heavy atom. The first-order valence-electron chi connectivity index (χ1n) is 6.49. The second-order valence-corrected chi connectivity index (χ2v) is 5.52. The number of nitrogens with one attached hydrogen (secondary N) is 1. The van der Waals surface area contributed by atoms with Gasteiger partial charge in [0.05, 0.1) is 0 Å². The molecule has 0 bridgehead atoms. The van der Waals surface area contributed by atoms with Crippen molar-refractivity contribution in [2.75, 3.05) is 13.2 Å². The van der Waals surface area contributed by atoms with Gasteiger partial charge in [0, 0.05) is 17.5 Å². The molecule has 0 saturated heterocycles. The molecule has 2 atom stereocenters. The Morgan fingerprint density at radius 1 is 1.30 bits per heavy atom. The van der Waals surface area contributed by atoms with Gasteiger partial charge in [-0.25, -0.2) is 4.39 Å². The fraction of sp³-hybridized carbons (Fsp3) is 0.333. The summed E-state index contributed by atoms with van der Waals surface area (Å²) in [6, 6.07) is 10.4. The molecule has 2 aromatic rings. The van der Waals surface area contributed by atoms with Crippen LogP contribution in [0.3, 0.4) is 0 Å². The van der Waals surface area contributed by atoms with Crippen LogP contribution < -0.4 is 10.1 Å². The number of hydrogen-bond donors (Lipinski definition) is 2. The summed E-state index contributed by atoms with van der Waals surface area (Å²) in [4.78, 5) is 1.22. The highest BCUT2D eigenvalue weighted by Crippen LogP contribution is 2.18. The minimum absolute atomic E-state index is 0.0606. The molecule has 0 radical (unpaired) electrons. The first-order valence-corrected chi connectivity index (χ1v) is 7.37. The van der Waals surface area contributed by atoms with E-state index in [4.69, 9.17) is 4.74 Å². The summed E-state index contributed by atoms with van der Waals surface area (Å²) in [6.45, 7) is 2.49. The number of benzene rings is 1. The zero-order valence-corrected chi connectivity index (χ0v) is 12.1. The molecule has 3 nitrogen and oxygen atoms in total. The highest BCUT2D eigenvalue weighted by molar-refractivity contribution is 7.10. The summed E-state index contributed by atoms with van der Waals surface area (Å²) < 4.78 is 18.6. The van der Waals surface area contributed by atoms with Crippen LogP contribution in [0.15, 0.2) is 41.8 Å². The van der Waals surface area contributed by atoms with E-state index in [0.717, 1.165) is 0 Å². The van der Waals surface area contributed by atoms with Crippen molar-refractivity contribution >= 4 is 11.3 Å². The number of halogens is 1. The first-order chi connectivity index (χ1) is 9.66. The molecule has 2 N–H and O–H groups in total. The molecule has 20 heavy (non-hydrogen) atoms. The Labute approximate surface area is 122 Å². The molecule has 0 aliphatic heterocycles. The van der Waals surface area contributed by atoms with Crippen LogP contribution in [0.2, 0.25) is 0 Å². The van der Waals surface area contributed by atoms with E-state index in [1.165, 1.54) is 10.9 Å². The van der Waals surface area contributed by atoms with E-state index in [1.54, 1.807) is 29.5 Å². The lowest BCUT2D eigenvalue weighted by atomic mass is 10.2. The van der Waals surface area contributed by atoms with Crippen molar-refractivity contribution in [3.8, 4) is 5.75 Å². The maximum atomic E-state index is 13.3. The molecule has 1 aromatic heterocycles. The van der Waals surface area contributed by atoms with Crippen LogP contribution in [0.5, 0.6) is 5.75 Å². The molecule has 0 saturated carbocycles. The summed E-state index contributed by atoms with van der Waals surface area (Å²) >= 11 is 1.67. The molecule has 2 rings (SSSR count). The van der Waals surface area contributed by atoms with Crippen LogP contribution in [0.4, 0.5) is 4.39 Å². The largest absolute Gasteiger partial charge is 0.488 e. The van der Waals surface area contributed by atoms with E-state index in [1.807, 2.05) is 24.4 Å². The van der Waals surface area contributed by atoms with E-state index in [-0.39, 0.29) is 18.4 Å². The minimum atomic E-state index is -0.683. The Balaban J connectivity index is 1.73. The van der Waals surface area contributed by atoms with Gasteiger partial charge in [0.2, 0.25) is 0 Å². The molecule has 0 aliphatic rings. The minimum Gasteiger partial charge on any atom is -0.488 e.